The molecule has 0 fully saturated rings. The van der Waals surface area contributed by atoms with E-state index < -0.39 is 29.1 Å². The van der Waals surface area contributed by atoms with E-state index in [4.69, 9.17) is 16.4 Å². The number of anilines is 1. The highest BCUT2D eigenvalue weighted by Crippen LogP contribution is 2.27. The fourth-order valence-electron chi connectivity index (χ4n) is 3.74. The number of urea groups is 1. The quantitative estimate of drug-likeness (QED) is 0.693. The maximum Gasteiger partial charge on any atom is 0.322 e. The summed E-state index contributed by atoms with van der Waals surface area (Å²) in [6, 6.07) is 3.55. The van der Waals surface area contributed by atoms with Crippen LogP contribution in [0.2, 0.25) is 5.02 Å². The van der Waals surface area contributed by atoms with Crippen molar-refractivity contribution in [2.24, 2.45) is 0 Å². The highest BCUT2D eigenvalue weighted by atomic mass is 35.5. The summed E-state index contributed by atoms with van der Waals surface area (Å²) in [5.74, 6) is -0.665. The second kappa shape index (κ2) is 8.65. The number of rotatable bonds is 3. The highest BCUT2D eigenvalue weighted by molar-refractivity contribution is 7.90. The van der Waals surface area contributed by atoms with E-state index in [-0.39, 0.29) is 29.8 Å². The molecule has 9 nitrogen and oxygen atoms in total. The minimum Gasteiger partial charge on any atom is -0.616 e. The molecule has 1 aromatic carbocycles. The molecule has 12 heteroatoms. The van der Waals surface area contributed by atoms with Gasteiger partial charge in [0.25, 0.3) is 5.91 Å². The van der Waals surface area contributed by atoms with Crippen LogP contribution in [-0.2, 0) is 35.5 Å². The summed E-state index contributed by atoms with van der Waals surface area (Å²) < 4.78 is 26.6. The van der Waals surface area contributed by atoms with Gasteiger partial charge < -0.3 is 14.8 Å². The minimum absolute atomic E-state index is 0.0862. The van der Waals surface area contributed by atoms with E-state index in [1.165, 1.54) is 25.2 Å². The number of hydroxylamine groups is 2. The van der Waals surface area contributed by atoms with Crippen LogP contribution in [0.5, 0.6) is 0 Å². The highest BCUT2D eigenvalue weighted by Gasteiger charge is 2.36. The van der Waals surface area contributed by atoms with Crippen LogP contribution < -0.4 is 5.32 Å². The third kappa shape index (κ3) is 4.49. The maximum atomic E-state index is 13.4. The predicted octanol–water partition coefficient (Wildman–Crippen LogP) is 2.03. The molecule has 4 rings (SSSR count). The number of halogens is 2. The zero-order chi connectivity index (χ0) is 22.3. The lowest BCUT2D eigenvalue weighted by atomic mass is 10.1. The van der Waals surface area contributed by atoms with Gasteiger partial charge in [-0.2, -0.15) is 5.10 Å². The molecule has 0 bridgehead atoms. The third-order valence-corrected chi connectivity index (χ3v) is 6.28. The lowest BCUT2D eigenvalue weighted by Gasteiger charge is -2.27. The van der Waals surface area contributed by atoms with Crippen molar-refractivity contribution in [1.82, 2.24) is 19.7 Å². The summed E-state index contributed by atoms with van der Waals surface area (Å²) in [7, 11) is 1.51. The number of fused-ring (bicyclic) bond motifs is 3. The summed E-state index contributed by atoms with van der Waals surface area (Å²) in [5, 5.41) is 8.31. The van der Waals surface area contributed by atoms with Gasteiger partial charge in [-0.15, -0.1) is 0 Å². The van der Waals surface area contributed by atoms with Crippen molar-refractivity contribution in [2.45, 2.75) is 25.6 Å². The summed E-state index contributed by atoms with van der Waals surface area (Å²) in [6.45, 7) is 0.890. The molecule has 0 radical (unpaired) electrons. The Hall–Kier alpha value is -2.34. The lowest BCUT2D eigenvalue weighted by Crippen LogP contribution is -2.39. The average molecular weight is 470 g/mol. The van der Waals surface area contributed by atoms with Crippen molar-refractivity contribution in [2.75, 3.05) is 30.9 Å². The van der Waals surface area contributed by atoms with Gasteiger partial charge in [0.15, 0.2) is 0 Å². The van der Waals surface area contributed by atoms with Gasteiger partial charge in [-0.3, -0.25) is 14.3 Å². The molecule has 2 aromatic rings. The van der Waals surface area contributed by atoms with Crippen LogP contribution in [0.3, 0.4) is 0 Å². The Kier molecular flexibility index (Phi) is 6.11. The summed E-state index contributed by atoms with van der Waals surface area (Å²) in [4.78, 5) is 32.9. The largest absolute Gasteiger partial charge is 0.616 e. The van der Waals surface area contributed by atoms with Crippen molar-refractivity contribution in [3.63, 3.8) is 0 Å². The summed E-state index contributed by atoms with van der Waals surface area (Å²) in [6.07, 6.45) is 1.61. The van der Waals surface area contributed by atoms with Crippen molar-refractivity contribution in [3.05, 3.63) is 46.0 Å². The van der Waals surface area contributed by atoms with Crippen LogP contribution in [-0.4, -0.2) is 67.9 Å². The number of nitrogens with zero attached hydrogens (tertiary/aromatic N) is 4. The van der Waals surface area contributed by atoms with E-state index in [1.807, 2.05) is 0 Å². The molecule has 166 valence electrons. The number of aromatic nitrogens is 2. The number of hydrogen-bond donors (Lipinski definition) is 1. The minimum atomic E-state index is -1.10. The molecule has 0 saturated heterocycles. The molecule has 3 amide bonds. The first-order valence-electron chi connectivity index (χ1n) is 9.57. The van der Waals surface area contributed by atoms with Gasteiger partial charge >= 0.3 is 6.03 Å². The number of carbonyl (C=O) groups excluding carboxylic acids is 2. The molecule has 0 saturated carbocycles. The molecule has 2 aliphatic rings. The second-order valence-corrected chi connectivity index (χ2v) is 9.34. The summed E-state index contributed by atoms with van der Waals surface area (Å²) >= 11 is 4.68. The molecule has 2 atom stereocenters. The van der Waals surface area contributed by atoms with Gasteiger partial charge in [-0.1, -0.05) is 22.8 Å². The molecule has 0 unspecified atom stereocenters. The molecule has 0 aliphatic carbocycles. The number of nitrogens with one attached hydrogen (secondary N) is 1. The Bertz CT molecular complexity index is 1030. The first kappa shape index (κ1) is 21.9. The Labute approximate surface area is 186 Å². The summed E-state index contributed by atoms with van der Waals surface area (Å²) in [5.41, 5.74) is 2.15. The maximum absolute atomic E-state index is 13.4. The van der Waals surface area contributed by atoms with Crippen molar-refractivity contribution >= 4 is 40.4 Å². The Balaban J connectivity index is 1.55. The number of carbonyl (C=O) groups is 2. The molecular weight excluding hydrogens is 449 g/mol. The predicted molar refractivity (Wildman–Crippen MR) is 113 cm³/mol. The molecular formula is C19H21ClFN5O4S. The van der Waals surface area contributed by atoms with Crippen molar-refractivity contribution in [1.29, 1.82) is 0 Å². The Morgan fingerprint density at radius 3 is 2.97 bits per heavy atom. The van der Waals surface area contributed by atoms with E-state index in [0.717, 1.165) is 10.8 Å². The fourth-order valence-corrected chi connectivity index (χ4v) is 4.61. The lowest BCUT2D eigenvalue weighted by molar-refractivity contribution is -0.140. The van der Waals surface area contributed by atoms with Crippen LogP contribution in [0.4, 0.5) is 14.9 Å². The van der Waals surface area contributed by atoms with Gasteiger partial charge in [0.1, 0.15) is 23.4 Å². The first-order chi connectivity index (χ1) is 14.7. The van der Waals surface area contributed by atoms with Gasteiger partial charge in [0.05, 0.1) is 30.1 Å². The Morgan fingerprint density at radius 1 is 1.48 bits per heavy atom. The molecule has 0 spiro atoms. The fraction of sp³-hybridized carbons (Fsp3) is 0.421. The van der Waals surface area contributed by atoms with E-state index in [0.29, 0.717) is 29.9 Å². The van der Waals surface area contributed by atoms with Crippen LogP contribution in [0.15, 0.2) is 18.2 Å². The van der Waals surface area contributed by atoms with Gasteiger partial charge in [0.2, 0.25) is 0 Å². The van der Waals surface area contributed by atoms with Gasteiger partial charge in [-0.05, 0) is 18.2 Å². The SMILES string of the molecule is CN1O[C@@H](C[S@@+](C)[O-])Cn2nc3c(c2C1=O)CN(C(=O)Nc1ccc(F)c(Cl)c1)CC3. The van der Waals surface area contributed by atoms with E-state index >= 15 is 0 Å². The average Bonchev–Trinajstić information content (AvgIpc) is 3.01. The van der Waals surface area contributed by atoms with E-state index in [9.17, 15) is 18.5 Å². The van der Waals surface area contributed by atoms with Crippen molar-refractivity contribution < 1.29 is 23.4 Å². The van der Waals surface area contributed by atoms with Crippen LogP contribution in [0.25, 0.3) is 0 Å². The van der Waals surface area contributed by atoms with Crippen LogP contribution in [0.1, 0.15) is 21.7 Å². The van der Waals surface area contributed by atoms with E-state index in [2.05, 4.69) is 10.4 Å². The topological polar surface area (TPSA) is 103 Å². The van der Waals surface area contributed by atoms with Gasteiger partial charge in [0, 0.05) is 31.3 Å². The molecule has 31 heavy (non-hydrogen) atoms. The number of benzene rings is 1. The zero-order valence-corrected chi connectivity index (χ0v) is 18.5. The number of hydrogen-bond acceptors (Lipinski definition) is 5. The van der Waals surface area contributed by atoms with Crippen molar-refractivity contribution in [3.8, 4) is 0 Å². The standard InChI is InChI=1S/C19H21ClFN5O4S/c1-24-18(27)17-13-9-25(19(28)22-11-3-4-15(21)14(20)7-11)6-5-16(13)23-26(17)8-12(30-24)10-31(2)29/h3-4,7,12H,5-6,8-10H2,1-2H3,(H,22,28)/t12-,31-/m1/s1. The smallest absolute Gasteiger partial charge is 0.322 e. The van der Waals surface area contributed by atoms with Crippen LogP contribution in [0, 0.1) is 5.82 Å². The monoisotopic (exact) mass is 469 g/mol. The number of amides is 3. The van der Waals surface area contributed by atoms with Gasteiger partial charge in [-0.25, -0.2) is 14.2 Å². The molecule has 3 heterocycles. The van der Waals surface area contributed by atoms with E-state index in [1.54, 1.807) is 15.8 Å². The third-order valence-electron chi connectivity index (χ3n) is 5.15. The molecule has 1 N–H and O–H groups in total. The normalized spacial score (nSPS) is 19.5. The zero-order valence-electron chi connectivity index (χ0n) is 16.9. The molecule has 1 aromatic heterocycles. The first-order valence-corrected chi connectivity index (χ1v) is 11.7. The van der Waals surface area contributed by atoms with Crippen LogP contribution >= 0.6 is 11.6 Å². The Morgan fingerprint density at radius 2 is 2.26 bits per heavy atom. The second-order valence-electron chi connectivity index (χ2n) is 7.46. The molecule has 2 aliphatic heterocycles.